The Hall–Kier alpha value is -1.05. The van der Waals surface area contributed by atoms with E-state index in [1.807, 2.05) is 0 Å². The predicted molar refractivity (Wildman–Crippen MR) is 108 cm³/mol. The maximum absolute atomic E-state index is 11.8. The van der Waals surface area contributed by atoms with Gasteiger partial charge < -0.3 is 69.6 Å². The number of aliphatic hydroxyl groups is 8. The average Bonchev–Trinajstić information content (AvgIpc) is 2.82. The van der Waals surface area contributed by atoms with Crippen LogP contribution in [0.25, 0.3) is 0 Å². The number of aliphatic hydroxyl groups excluding tert-OH is 8. The highest BCUT2D eigenvalue weighted by molar-refractivity contribution is 5.73. The van der Waals surface area contributed by atoms with Crippen molar-refractivity contribution in [2.45, 2.75) is 112 Å². The maximum atomic E-state index is 11.8. The molecule has 0 aromatic carbocycles. The molecule has 9 N–H and O–H groups in total. The molecule has 3 aliphatic rings. The van der Waals surface area contributed by atoms with E-state index in [1.54, 1.807) is 6.92 Å². The number of rotatable bonds is 7. The third-order valence-electron chi connectivity index (χ3n) is 6.54. The van der Waals surface area contributed by atoms with Gasteiger partial charge in [-0.3, -0.25) is 0 Å². The largest absolute Gasteiger partial charge is 0.479 e. The lowest BCUT2D eigenvalue weighted by Crippen LogP contribution is -2.66. The molecule has 0 radical (unpaired) electrons. The molecule has 15 unspecified atom stereocenters. The van der Waals surface area contributed by atoms with Crippen LogP contribution in [-0.4, -0.2) is 150 Å². The minimum Gasteiger partial charge on any atom is -0.479 e. The molecule has 3 aliphatic heterocycles. The normalized spacial score (nSPS) is 51.2. The number of carbonyl (C=O) groups is 1. The van der Waals surface area contributed by atoms with E-state index in [9.17, 15) is 50.8 Å². The fourth-order valence-electron chi connectivity index (χ4n) is 4.43. The summed E-state index contributed by atoms with van der Waals surface area (Å²) in [5.41, 5.74) is 0. The van der Waals surface area contributed by atoms with Gasteiger partial charge in [-0.15, -0.1) is 0 Å². The summed E-state index contributed by atoms with van der Waals surface area (Å²) in [5.74, 6) is -1.54. The SMILES string of the molecule is CCC1OC(OC2C(C)OC(C(=O)O)C(OC3OC(CO)C(O)C(O)C3O)C2O)C(O)C(O)C1O. The predicted octanol–water partition coefficient (Wildman–Crippen LogP) is -4.99. The highest BCUT2D eigenvalue weighted by Crippen LogP contribution is 2.33. The summed E-state index contributed by atoms with van der Waals surface area (Å²) in [4.78, 5) is 11.8. The zero-order chi connectivity index (χ0) is 26.2. The molecule has 0 aromatic rings. The molecule has 0 saturated carbocycles. The van der Waals surface area contributed by atoms with Gasteiger partial charge in [-0.05, 0) is 13.3 Å². The number of carboxylic acids is 1. The molecule has 15 atom stereocenters. The number of hydrogen-bond donors (Lipinski definition) is 9. The molecule has 0 aromatic heterocycles. The summed E-state index contributed by atoms with van der Waals surface area (Å²) in [6, 6.07) is 0. The van der Waals surface area contributed by atoms with Crippen molar-refractivity contribution in [2.24, 2.45) is 0 Å². The Labute approximate surface area is 200 Å². The Kier molecular flexibility index (Phi) is 9.42. The lowest BCUT2D eigenvalue weighted by Gasteiger charge is -2.47. The van der Waals surface area contributed by atoms with Gasteiger partial charge in [0.2, 0.25) is 0 Å². The summed E-state index contributed by atoms with van der Waals surface area (Å²) < 4.78 is 27.3. The van der Waals surface area contributed by atoms with Gasteiger partial charge in [0.25, 0.3) is 0 Å². The van der Waals surface area contributed by atoms with E-state index in [2.05, 4.69) is 0 Å². The topological polar surface area (TPSA) is 245 Å². The molecule has 15 nitrogen and oxygen atoms in total. The van der Waals surface area contributed by atoms with E-state index >= 15 is 0 Å². The Morgan fingerprint density at radius 3 is 1.69 bits per heavy atom. The summed E-state index contributed by atoms with van der Waals surface area (Å²) in [5, 5.41) is 90.5. The van der Waals surface area contributed by atoms with Crippen LogP contribution in [0, 0.1) is 0 Å². The van der Waals surface area contributed by atoms with Crippen LogP contribution in [0.15, 0.2) is 0 Å². The van der Waals surface area contributed by atoms with Crippen LogP contribution in [0.2, 0.25) is 0 Å². The smallest absolute Gasteiger partial charge is 0.335 e. The summed E-state index contributed by atoms with van der Waals surface area (Å²) in [6.45, 7) is 2.29. The van der Waals surface area contributed by atoms with Crippen LogP contribution in [0.3, 0.4) is 0 Å². The second-order valence-electron chi connectivity index (χ2n) is 8.91. The van der Waals surface area contributed by atoms with Gasteiger partial charge in [-0.2, -0.15) is 0 Å². The summed E-state index contributed by atoms with van der Waals surface area (Å²) in [6.07, 6.45) is -23.2. The fourth-order valence-corrected chi connectivity index (χ4v) is 4.43. The quantitative estimate of drug-likeness (QED) is 0.154. The Morgan fingerprint density at radius 1 is 0.714 bits per heavy atom. The van der Waals surface area contributed by atoms with E-state index in [0.717, 1.165) is 0 Å². The molecule has 204 valence electrons. The number of carboxylic acid groups (broad SMARTS) is 1. The molecular formula is C20H34O15. The van der Waals surface area contributed by atoms with Crippen molar-refractivity contribution in [3.8, 4) is 0 Å². The maximum Gasteiger partial charge on any atom is 0.335 e. The van der Waals surface area contributed by atoms with E-state index in [-0.39, 0.29) is 6.42 Å². The van der Waals surface area contributed by atoms with Crippen LogP contribution in [-0.2, 0) is 28.5 Å². The molecule has 0 bridgehead atoms. The molecule has 3 saturated heterocycles. The minimum atomic E-state index is -1.88. The van der Waals surface area contributed by atoms with Gasteiger partial charge >= 0.3 is 5.97 Å². The monoisotopic (exact) mass is 514 g/mol. The van der Waals surface area contributed by atoms with Crippen molar-refractivity contribution in [2.75, 3.05) is 6.61 Å². The molecule has 15 heteroatoms. The molecule has 3 rings (SSSR count). The van der Waals surface area contributed by atoms with Crippen LogP contribution in [0.5, 0.6) is 0 Å². The Balaban J connectivity index is 1.80. The number of ether oxygens (including phenoxy) is 5. The molecule has 0 aliphatic carbocycles. The van der Waals surface area contributed by atoms with Crippen molar-refractivity contribution in [3.63, 3.8) is 0 Å². The number of aliphatic carboxylic acids is 1. The Morgan fingerprint density at radius 2 is 1.20 bits per heavy atom. The molecule has 0 amide bonds. The molecule has 3 fully saturated rings. The highest BCUT2D eigenvalue weighted by Gasteiger charge is 2.54. The molecule has 0 spiro atoms. The van der Waals surface area contributed by atoms with Gasteiger partial charge in [0, 0.05) is 0 Å². The van der Waals surface area contributed by atoms with Crippen molar-refractivity contribution in [1.29, 1.82) is 0 Å². The van der Waals surface area contributed by atoms with E-state index < -0.39 is 105 Å². The average molecular weight is 514 g/mol. The van der Waals surface area contributed by atoms with Gasteiger partial charge in [-0.25, -0.2) is 4.79 Å². The van der Waals surface area contributed by atoms with Gasteiger partial charge in [0.1, 0.15) is 61.0 Å². The standard InChI is InChI=1S/C20H34O15/c1-3-6-8(22)10(24)12(26)19(32-6)34-15-5(2)31-17(18(29)30)16(14(15)28)35-20-13(27)11(25)9(23)7(4-21)33-20/h5-17,19-28H,3-4H2,1-2H3,(H,29,30). The van der Waals surface area contributed by atoms with Gasteiger partial charge in [-0.1, -0.05) is 6.92 Å². The van der Waals surface area contributed by atoms with E-state index in [1.165, 1.54) is 6.92 Å². The van der Waals surface area contributed by atoms with Crippen LogP contribution >= 0.6 is 0 Å². The molecule has 3 heterocycles. The van der Waals surface area contributed by atoms with Gasteiger partial charge in [0.05, 0.1) is 18.8 Å². The molecule has 35 heavy (non-hydrogen) atoms. The first-order valence-corrected chi connectivity index (χ1v) is 11.3. The third-order valence-corrected chi connectivity index (χ3v) is 6.54. The lowest BCUT2D eigenvalue weighted by molar-refractivity contribution is -0.359. The summed E-state index contributed by atoms with van der Waals surface area (Å²) in [7, 11) is 0. The zero-order valence-corrected chi connectivity index (χ0v) is 19.0. The van der Waals surface area contributed by atoms with E-state index in [0.29, 0.717) is 0 Å². The van der Waals surface area contributed by atoms with Crippen molar-refractivity contribution in [3.05, 3.63) is 0 Å². The first-order chi connectivity index (χ1) is 16.4. The van der Waals surface area contributed by atoms with Crippen molar-refractivity contribution in [1.82, 2.24) is 0 Å². The molecular weight excluding hydrogens is 480 g/mol. The fraction of sp³-hybridized carbons (Fsp3) is 0.950. The lowest BCUT2D eigenvalue weighted by atomic mass is 9.93. The van der Waals surface area contributed by atoms with Gasteiger partial charge in [0.15, 0.2) is 18.7 Å². The van der Waals surface area contributed by atoms with Crippen LogP contribution in [0.4, 0.5) is 0 Å². The van der Waals surface area contributed by atoms with Crippen molar-refractivity contribution >= 4 is 5.97 Å². The van der Waals surface area contributed by atoms with E-state index in [4.69, 9.17) is 23.7 Å². The first-order valence-electron chi connectivity index (χ1n) is 11.3. The summed E-state index contributed by atoms with van der Waals surface area (Å²) >= 11 is 0. The van der Waals surface area contributed by atoms with Crippen molar-refractivity contribution < 1.29 is 74.4 Å². The number of hydrogen-bond acceptors (Lipinski definition) is 14. The first kappa shape index (κ1) is 28.5. The second kappa shape index (κ2) is 11.6. The minimum absolute atomic E-state index is 0.258. The third kappa shape index (κ3) is 5.62. The van der Waals surface area contributed by atoms with Crippen LogP contribution < -0.4 is 0 Å². The Bertz CT molecular complexity index is 706. The highest BCUT2D eigenvalue weighted by atomic mass is 16.7. The van der Waals surface area contributed by atoms with Crippen LogP contribution in [0.1, 0.15) is 20.3 Å². The zero-order valence-electron chi connectivity index (χ0n) is 19.0. The second-order valence-corrected chi connectivity index (χ2v) is 8.91.